The number of rotatable bonds is 4. The number of sulfonamides is 1. The highest BCUT2D eigenvalue weighted by Gasteiger charge is 2.32. The predicted molar refractivity (Wildman–Crippen MR) is 63.8 cm³/mol. The molecule has 0 aliphatic carbocycles. The van der Waals surface area contributed by atoms with Crippen molar-refractivity contribution < 1.29 is 26.3 Å². The van der Waals surface area contributed by atoms with E-state index in [1.54, 1.807) is 0 Å². The Balaban J connectivity index is 2.92. The Labute approximate surface area is 115 Å². The van der Waals surface area contributed by atoms with Crippen molar-refractivity contribution in [1.82, 2.24) is 0 Å². The molecule has 5 nitrogen and oxygen atoms in total. The minimum atomic E-state index is -4.84. The summed E-state index contributed by atoms with van der Waals surface area (Å²) in [5.41, 5.74) is 0.0108. The van der Waals surface area contributed by atoms with Gasteiger partial charge in [-0.3, -0.25) is 4.72 Å². The fourth-order valence-electron chi connectivity index (χ4n) is 1.07. The number of nitriles is 1. The van der Waals surface area contributed by atoms with Gasteiger partial charge in [0.15, 0.2) is 5.75 Å². The van der Waals surface area contributed by atoms with Gasteiger partial charge in [0, 0.05) is 5.69 Å². The standard InChI is InChI=1S/C9H6BrF3N2O3S/c10-7-5-6(15-19(16,17)4-3-14)1-2-8(7)18-9(11,12)13/h1-2,5,15H,4H2. The van der Waals surface area contributed by atoms with E-state index in [0.717, 1.165) is 18.2 Å². The van der Waals surface area contributed by atoms with E-state index in [9.17, 15) is 21.6 Å². The maximum absolute atomic E-state index is 12.0. The molecule has 0 aliphatic heterocycles. The third-order valence-corrected chi connectivity index (χ3v) is 3.36. The van der Waals surface area contributed by atoms with Crippen LogP contribution in [0.3, 0.4) is 0 Å². The van der Waals surface area contributed by atoms with E-state index in [4.69, 9.17) is 5.26 Å². The first-order valence-corrected chi connectivity index (χ1v) is 7.00. The molecule has 10 heteroatoms. The molecule has 0 radical (unpaired) electrons. The molecule has 1 aromatic rings. The normalized spacial score (nSPS) is 11.7. The molecular weight excluding hydrogens is 353 g/mol. The summed E-state index contributed by atoms with van der Waals surface area (Å²) >= 11 is 2.82. The molecular formula is C9H6BrF3N2O3S. The molecule has 0 amide bonds. The van der Waals surface area contributed by atoms with Gasteiger partial charge in [-0.1, -0.05) is 0 Å². The van der Waals surface area contributed by atoms with Crippen LogP contribution in [-0.4, -0.2) is 20.5 Å². The number of halogens is 4. The van der Waals surface area contributed by atoms with Gasteiger partial charge in [-0.05, 0) is 34.1 Å². The first-order chi connectivity index (χ1) is 8.63. The zero-order valence-electron chi connectivity index (χ0n) is 9.03. The molecule has 0 saturated carbocycles. The molecule has 0 aromatic heterocycles. The van der Waals surface area contributed by atoms with Crippen LogP contribution in [0.1, 0.15) is 0 Å². The average Bonchev–Trinajstić information content (AvgIpc) is 2.19. The number of nitrogens with one attached hydrogen (secondary N) is 1. The van der Waals surface area contributed by atoms with Gasteiger partial charge in [0.2, 0.25) is 10.0 Å². The quantitative estimate of drug-likeness (QED) is 0.897. The van der Waals surface area contributed by atoms with Gasteiger partial charge < -0.3 is 4.74 Å². The van der Waals surface area contributed by atoms with E-state index >= 15 is 0 Å². The molecule has 1 N–H and O–H groups in total. The number of hydrogen-bond acceptors (Lipinski definition) is 4. The first kappa shape index (κ1) is 15.6. The number of anilines is 1. The first-order valence-electron chi connectivity index (χ1n) is 4.56. The van der Waals surface area contributed by atoms with Gasteiger partial charge in [0.25, 0.3) is 0 Å². The van der Waals surface area contributed by atoms with Crippen molar-refractivity contribution in [3.63, 3.8) is 0 Å². The van der Waals surface area contributed by atoms with E-state index in [1.807, 2.05) is 4.72 Å². The van der Waals surface area contributed by atoms with Crippen LogP contribution in [0.15, 0.2) is 22.7 Å². The SMILES string of the molecule is N#CCS(=O)(=O)Nc1ccc(OC(F)(F)F)c(Br)c1. The third kappa shape index (κ3) is 5.35. The van der Waals surface area contributed by atoms with Crippen molar-refractivity contribution in [2.45, 2.75) is 6.36 Å². The molecule has 104 valence electrons. The molecule has 0 bridgehead atoms. The monoisotopic (exact) mass is 358 g/mol. The molecule has 0 fully saturated rings. The van der Waals surface area contributed by atoms with Crippen molar-refractivity contribution in [2.75, 3.05) is 10.5 Å². The Morgan fingerprint density at radius 1 is 1.42 bits per heavy atom. The predicted octanol–water partition coefficient (Wildman–Crippen LogP) is 2.61. The zero-order valence-corrected chi connectivity index (χ0v) is 11.4. The topological polar surface area (TPSA) is 79.2 Å². The second-order valence-corrected chi connectivity index (χ2v) is 5.79. The van der Waals surface area contributed by atoms with E-state index in [1.165, 1.54) is 6.07 Å². The maximum Gasteiger partial charge on any atom is 0.573 e. The lowest BCUT2D eigenvalue weighted by Crippen LogP contribution is -2.18. The van der Waals surface area contributed by atoms with Crippen LogP contribution in [0.25, 0.3) is 0 Å². The van der Waals surface area contributed by atoms with Gasteiger partial charge >= 0.3 is 6.36 Å². The van der Waals surface area contributed by atoms with Crippen molar-refractivity contribution in [1.29, 1.82) is 5.26 Å². The summed E-state index contributed by atoms with van der Waals surface area (Å²) in [5.74, 6) is -1.26. The summed E-state index contributed by atoms with van der Waals surface area (Å²) in [6.45, 7) is 0. The second-order valence-electron chi connectivity index (χ2n) is 3.21. The minimum Gasteiger partial charge on any atom is -0.405 e. The maximum atomic E-state index is 12.0. The van der Waals surface area contributed by atoms with Crippen LogP contribution in [0.4, 0.5) is 18.9 Å². The van der Waals surface area contributed by atoms with Crippen molar-refractivity contribution in [3.8, 4) is 11.8 Å². The Kier molecular flexibility index (Phi) is 4.65. The number of ether oxygens (including phenoxy) is 1. The van der Waals surface area contributed by atoms with E-state index in [0.29, 0.717) is 0 Å². The van der Waals surface area contributed by atoms with Crippen molar-refractivity contribution >= 4 is 31.6 Å². The molecule has 0 atom stereocenters. The Morgan fingerprint density at radius 2 is 2.05 bits per heavy atom. The van der Waals surface area contributed by atoms with Gasteiger partial charge in [-0.2, -0.15) is 5.26 Å². The van der Waals surface area contributed by atoms with Crippen molar-refractivity contribution in [3.05, 3.63) is 22.7 Å². The molecule has 0 unspecified atom stereocenters. The third-order valence-electron chi connectivity index (χ3n) is 1.69. The van der Waals surface area contributed by atoms with Gasteiger partial charge in [-0.25, -0.2) is 8.42 Å². The Hall–Kier alpha value is -1.47. The summed E-state index contributed by atoms with van der Waals surface area (Å²) in [6.07, 6.45) is -4.84. The van der Waals surface area contributed by atoms with Crippen LogP contribution < -0.4 is 9.46 Å². The van der Waals surface area contributed by atoms with Gasteiger partial charge in [-0.15, -0.1) is 13.2 Å². The highest BCUT2D eigenvalue weighted by atomic mass is 79.9. The molecule has 0 aliphatic rings. The highest BCUT2D eigenvalue weighted by molar-refractivity contribution is 9.10. The van der Waals surface area contributed by atoms with Crippen LogP contribution in [0, 0.1) is 11.3 Å². The summed E-state index contributed by atoms with van der Waals surface area (Å²) in [6, 6.07) is 4.57. The summed E-state index contributed by atoms with van der Waals surface area (Å²) in [7, 11) is -3.84. The van der Waals surface area contributed by atoms with E-state index < -0.39 is 27.9 Å². The van der Waals surface area contributed by atoms with Gasteiger partial charge in [0.05, 0.1) is 10.5 Å². The Bertz CT molecular complexity index is 610. The summed E-state index contributed by atoms with van der Waals surface area (Å²) < 4.78 is 64.2. The summed E-state index contributed by atoms with van der Waals surface area (Å²) in [5, 5.41) is 8.28. The van der Waals surface area contributed by atoms with Gasteiger partial charge in [0.1, 0.15) is 5.75 Å². The fraction of sp³-hybridized carbons (Fsp3) is 0.222. The second kappa shape index (κ2) is 5.66. The van der Waals surface area contributed by atoms with E-state index in [2.05, 4.69) is 20.7 Å². The highest BCUT2D eigenvalue weighted by Crippen LogP contribution is 2.32. The molecule has 1 rings (SSSR count). The van der Waals surface area contributed by atoms with Crippen LogP contribution in [-0.2, 0) is 10.0 Å². The van der Waals surface area contributed by atoms with E-state index in [-0.39, 0.29) is 10.2 Å². The zero-order chi connectivity index (χ0) is 14.7. The molecule has 0 saturated heterocycles. The van der Waals surface area contributed by atoms with Crippen LogP contribution >= 0.6 is 15.9 Å². The number of hydrogen-bond donors (Lipinski definition) is 1. The molecule has 0 spiro atoms. The van der Waals surface area contributed by atoms with Crippen LogP contribution in [0.5, 0.6) is 5.75 Å². The largest absolute Gasteiger partial charge is 0.573 e. The number of alkyl halides is 3. The average molecular weight is 359 g/mol. The summed E-state index contributed by atoms with van der Waals surface area (Å²) in [4.78, 5) is 0. The van der Waals surface area contributed by atoms with Crippen LogP contribution in [0.2, 0.25) is 0 Å². The smallest absolute Gasteiger partial charge is 0.405 e. The molecule has 0 heterocycles. The van der Waals surface area contributed by atoms with Crippen molar-refractivity contribution in [2.24, 2.45) is 0 Å². The number of nitrogens with zero attached hydrogens (tertiary/aromatic N) is 1. The Morgan fingerprint density at radius 3 is 2.53 bits per heavy atom. The number of benzene rings is 1. The lowest BCUT2D eigenvalue weighted by atomic mass is 10.3. The molecule has 19 heavy (non-hydrogen) atoms. The minimum absolute atomic E-state index is 0.0108. The fourth-order valence-corrected chi connectivity index (χ4v) is 2.26. The molecule has 1 aromatic carbocycles. The lowest BCUT2D eigenvalue weighted by Gasteiger charge is -2.12. The lowest BCUT2D eigenvalue weighted by molar-refractivity contribution is -0.274.